The van der Waals surface area contributed by atoms with Crippen LogP contribution in [0.1, 0.15) is 53.0 Å². The van der Waals surface area contributed by atoms with E-state index in [9.17, 15) is 8.78 Å². The molecule has 202 valence electrons. The van der Waals surface area contributed by atoms with Gasteiger partial charge < -0.3 is 18.4 Å². The molecule has 3 fully saturated rings. The summed E-state index contributed by atoms with van der Waals surface area (Å²) >= 11 is 0. The second-order valence-electron chi connectivity index (χ2n) is 9.20. The van der Waals surface area contributed by atoms with Crippen LogP contribution in [0.25, 0.3) is 0 Å². The van der Waals surface area contributed by atoms with Gasteiger partial charge in [-0.25, -0.2) is 0 Å². The van der Waals surface area contributed by atoms with E-state index in [1.807, 2.05) is 38.1 Å². The van der Waals surface area contributed by atoms with Gasteiger partial charge >= 0.3 is 31.1 Å². The Morgan fingerprint density at radius 2 is 1.58 bits per heavy atom. The van der Waals surface area contributed by atoms with Gasteiger partial charge in [-0.15, -0.1) is 6.92 Å². The van der Waals surface area contributed by atoms with Gasteiger partial charge in [0.2, 0.25) is 0 Å². The molecule has 1 aromatic carbocycles. The number of hydrogen-bond acceptors (Lipinski definition) is 4. The van der Waals surface area contributed by atoms with Crippen LogP contribution in [-0.4, -0.2) is 79.3 Å². The Labute approximate surface area is 243 Å². The average molecular weight is 730 g/mol. The molecule has 1 aromatic rings. The molecule has 0 amide bonds. The summed E-state index contributed by atoms with van der Waals surface area (Å²) in [5, 5.41) is 0. The Morgan fingerprint density at radius 1 is 1.03 bits per heavy atom. The Bertz CT molecular complexity index is 720. The van der Waals surface area contributed by atoms with Crippen molar-refractivity contribution in [3.63, 3.8) is 0 Å². The normalized spacial score (nSPS) is 21.6. The molecule has 4 nitrogen and oxygen atoms in total. The van der Waals surface area contributed by atoms with Crippen molar-refractivity contribution in [1.29, 1.82) is 0 Å². The zero-order valence-electron chi connectivity index (χ0n) is 23.3. The van der Waals surface area contributed by atoms with Crippen molar-refractivity contribution >= 4 is 0 Å². The number of ether oxygens (including phenoxy) is 1. The summed E-state index contributed by atoms with van der Waals surface area (Å²) in [6, 6.07) is 12.3. The summed E-state index contributed by atoms with van der Waals surface area (Å²) in [4.78, 5) is 7.84. The van der Waals surface area contributed by atoms with Gasteiger partial charge in [0.1, 0.15) is 0 Å². The number of nitrogens with zero attached hydrogens (tertiary/aromatic N) is 3. The molecule has 0 bridgehead atoms. The summed E-state index contributed by atoms with van der Waals surface area (Å²) in [5.74, 6) is 0. The molecule has 2 atom stereocenters. The topological polar surface area (TPSA) is 19.0 Å². The van der Waals surface area contributed by atoms with Gasteiger partial charge in [-0.3, -0.25) is 9.80 Å². The summed E-state index contributed by atoms with van der Waals surface area (Å²) in [6.07, 6.45) is 3.27. The summed E-state index contributed by atoms with van der Waals surface area (Å²) in [6.45, 7) is 24.2. The maximum atomic E-state index is 10.2. The van der Waals surface area contributed by atoms with Gasteiger partial charge in [-0.05, 0) is 39.2 Å². The van der Waals surface area contributed by atoms with Crippen LogP contribution in [0.4, 0.5) is 8.78 Å². The van der Waals surface area contributed by atoms with Crippen LogP contribution in [0.5, 0.6) is 0 Å². The van der Waals surface area contributed by atoms with Crippen molar-refractivity contribution in [2.45, 2.75) is 66.5 Å². The maximum Gasteiger partial charge on any atom is 2.00 e. The van der Waals surface area contributed by atoms with Crippen LogP contribution in [0.2, 0.25) is 0 Å². The van der Waals surface area contributed by atoms with Crippen molar-refractivity contribution in [2.24, 2.45) is 0 Å². The SMILES string of the molecule is C=C(C=C(C)C)N1CCN2CCC(N3CCOCC3)CC2C1.CC.C[C-](F)F.Cc1cc[c-]cc1.[U+2]. The number of allylic oxidation sites excluding steroid dienone is 2. The first-order valence-corrected chi connectivity index (χ1v) is 13.0. The molecule has 2 unspecified atom stereocenters. The van der Waals surface area contributed by atoms with Crippen molar-refractivity contribution < 1.29 is 44.6 Å². The number of aryl methyl sites for hydroxylation is 1. The third-order valence-electron chi connectivity index (χ3n) is 6.21. The minimum Gasteiger partial charge on any atom is -0.422 e. The molecular weight excluding hydrogens is 682 g/mol. The Balaban J connectivity index is 0.000000728. The first-order chi connectivity index (χ1) is 16.8. The zero-order valence-corrected chi connectivity index (χ0v) is 27.5. The van der Waals surface area contributed by atoms with Crippen molar-refractivity contribution in [3.05, 3.63) is 66.2 Å². The quantitative estimate of drug-likeness (QED) is 0.273. The predicted molar refractivity (Wildman–Crippen MR) is 143 cm³/mol. The Hall–Kier alpha value is -0.708. The van der Waals surface area contributed by atoms with Crippen molar-refractivity contribution in [1.82, 2.24) is 14.7 Å². The van der Waals surface area contributed by atoms with E-state index >= 15 is 0 Å². The van der Waals surface area contributed by atoms with Gasteiger partial charge in [0.05, 0.1) is 13.2 Å². The number of fused-ring (bicyclic) bond motifs is 1. The molecule has 4 rings (SSSR count). The predicted octanol–water partition coefficient (Wildman–Crippen LogP) is 6.20. The molecule has 0 aromatic heterocycles. The second-order valence-corrected chi connectivity index (χ2v) is 9.20. The summed E-state index contributed by atoms with van der Waals surface area (Å²) < 4.78 is 26.0. The fourth-order valence-corrected chi connectivity index (χ4v) is 4.59. The molecule has 0 saturated carbocycles. The minimum absolute atomic E-state index is 0. The number of morpholine rings is 1. The largest absolute Gasteiger partial charge is 2.00 e. The van der Waals surface area contributed by atoms with Gasteiger partial charge in [-0.1, -0.05) is 32.9 Å². The van der Waals surface area contributed by atoms with Crippen molar-refractivity contribution in [3.8, 4) is 0 Å². The second kappa shape index (κ2) is 20.3. The molecule has 0 radical (unpaired) electrons. The maximum absolute atomic E-state index is 10.2. The Kier molecular flexibility index (Phi) is 19.9. The molecule has 36 heavy (non-hydrogen) atoms. The van der Waals surface area contributed by atoms with E-state index in [2.05, 4.69) is 54.2 Å². The van der Waals surface area contributed by atoms with Crippen LogP contribution in [0.15, 0.2) is 48.2 Å². The standard InChI is InChI=1S/C18H31N3O.C7H7.C2H3F2.C2H6.U/c1-15(2)12-16(3)21-7-6-19-5-4-17(13-18(19)14-21)20-8-10-22-11-9-20;1-7-5-3-2-4-6-7;1-2(3)4;1-2;/h12,17-18H,3-11,13-14H2,1-2H3;3-6H,1H3;1H3;1-2H3;/q;2*-1;;+2. The summed E-state index contributed by atoms with van der Waals surface area (Å²) in [7, 11) is 0. The third kappa shape index (κ3) is 14.3. The van der Waals surface area contributed by atoms with Crippen molar-refractivity contribution in [2.75, 3.05) is 52.5 Å². The molecule has 3 aliphatic heterocycles. The van der Waals surface area contributed by atoms with E-state index in [-0.39, 0.29) is 31.1 Å². The van der Waals surface area contributed by atoms with E-state index in [4.69, 9.17) is 4.74 Å². The van der Waals surface area contributed by atoms with Gasteiger partial charge in [0.15, 0.2) is 0 Å². The van der Waals surface area contributed by atoms with Crippen LogP contribution in [0, 0.1) is 50.5 Å². The smallest absolute Gasteiger partial charge is 0.422 e. The molecule has 3 heterocycles. The van der Waals surface area contributed by atoms with Crippen LogP contribution < -0.4 is 0 Å². The first-order valence-electron chi connectivity index (χ1n) is 13.0. The van der Waals surface area contributed by atoms with Gasteiger partial charge in [-0.2, -0.15) is 35.9 Å². The zero-order chi connectivity index (χ0) is 26.2. The van der Waals surface area contributed by atoms with Gasteiger partial charge in [0.25, 0.3) is 0 Å². The molecule has 3 aliphatic rings. The summed E-state index contributed by atoms with van der Waals surface area (Å²) in [5.41, 5.74) is 3.81. The first kappa shape index (κ1) is 35.3. The van der Waals surface area contributed by atoms with Gasteiger partial charge in [0, 0.05) is 57.0 Å². The van der Waals surface area contributed by atoms with Crippen LogP contribution in [0.3, 0.4) is 0 Å². The number of rotatable bonds is 3. The molecule has 0 N–H and O–H groups in total. The molecular formula is C29H47F2N3OU. The fraction of sp³-hybridized carbons (Fsp3) is 0.621. The Morgan fingerprint density at radius 3 is 2.08 bits per heavy atom. The van der Waals surface area contributed by atoms with E-state index in [1.54, 1.807) is 0 Å². The van der Waals surface area contributed by atoms with E-state index in [0.717, 1.165) is 52.4 Å². The average Bonchev–Trinajstić information content (AvgIpc) is 2.85. The van der Waals surface area contributed by atoms with E-state index in [0.29, 0.717) is 6.04 Å². The molecule has 7 heteroatoms. The molecule has 0 aliphatic carbocycles. The van der Waals surface area contributed by atoms with Crippen LogP contribution in [-0.2, 0) is 4.74 Å². The third-order valence-corrected chi connectivity index (χ3v) is 6.21. The van der Waals surface area contributed by atoms with E-state index in [1.165, 1.54) is 42.8 Å². The molecule has 0 spiro atoms. The number of piperazine rings is 1. The number of piperidine rings is 1. The fourth-order valence-electron chi connectivity index (χ4n) is 4.59. The number of benzene rings is 1. The number of hydrogen-bond donors (Lipinski definition) is 0. The number of halogens is 2. The van der Waals surface area contributed by atoms with E-state index < -0.39 is 6.43 Å². The monoisotopic (exact) mass is 729 g/mol. The van der Waals surface area contributed by atoms with Crippen LogP contribution >= 0.6 is 0 Å². The minimum atomic E-state index is -1.58. The molecule has 3 saturated heterocycles.